The van der Waals surface area contributed by atoms with Gasteiger partial charge in [0.1, 0.15) is 5.54 Å². The van der Waals surface area contributed by atoms with Crippen LogP contribution in [0.15, 0.2) is 28.7 Å². The number of halogens is 3. The topological polar surface area (TPSA) is 49.6 Å². The Bertz CT molecular complexity index is 525. The number of carbonyl (C=O) groups is 1. The summed E-state index contributed by atoms with van der Waals surface area (Å²) in [6, 6.07) is 7.69. The van der Waals surface area contributed by atoms with Gasteiger partial charge < -0.3 is 15.5 Å². The lowest BCUT2D eigenvalue weighted by Gasteiger charge is -2.30. The summed E-state index contributed by atoms with van der Waals surface area (Å²) < 4.78 is 0.989. The van der Waals surface area contributed by atoms with Crippen LogP contribution in [0.25, 0.3) is 0 Å². The minimum absolute atomic E-state index is 0. The Morgan fingerprint density at radius 2 is 1.96 bits per heavy atom. The molecule has 1 fully saturated rings. The number of nitrogens with zero attached hydrogens (tertiary/aromatic N) is 2. The normalized spacial score (nSPS) is 19.4. The van der Waals surface area contributed by atoms with Gasteiger partial charge in [-0.25, -0.2) is 0 Å². The summed E-state index contributed by atoms with van der Waals surface area (Å²) in [5.74, 6) is 0.575. The molecule has 1 aliphatic rings. The van der Waals surface area contributed by atoms with Gasteiger partial charge in [0.15, 0.2) is 0 Å². The third kappa shape index (κ3) is 5.60. The van der Waals surface area contributed by atoms with Crippen LogP contribution in [-0.4, -0.2) is 48.9 Å². The Kier molecular flexibility index (Phi) is 9.84. The highest BCUT2D eigenvalue weighted by Crippen LogP contribution is 2.26. The van der Waals surface area contributed by atoms with Gasteiger partial charge in [-0.3, -0.25) is 4.79 Å². The molecule has 0 bridgehead atoms. The van der Waals surface area contributed by atoms with E-state index in [1.807, 2.05) is 36.1 Å². The molecule has 138 valence electrons. The molecule has 7 heteroatoms. The zero-order valence-corrected chi connectivity index (χ0v) is 17.7. The number of likely N-dealkylation sites (tertiary alicyclic amines) is 1. The second kappa shape index (κ2) is 9.97. The van der Waals surface area contributed by atoms with E-state index >= 15 is 0 Å². The van der Waals surface area contributed by atoms with Gasteiger partial charge in [-0.05, 0) is 50.6 Å². The van der Waals surface area contributed by atoms with Gasteiger partial charge in [-0.2, -0.15) is 0 Å². The molecular formula is C17H28BrCl2N3O. The van der Waals surface area contributed by atoms with E-state index < -0.39 is 5.54 Å². The van der Waals surface area contributed by atoms with Crippen LogP contribution in [0.2, 0.25) is 0 Å². The third-order valence-corrected chi connectivity index (χ3v) is 5.10. The van der Waals surface area contributed by atoms with E-state index in [0.29, 0.717) is 5.92 Å². The molecule has 1 aromatic rings. The number of rotatable bonds is 5. The van der Waals surface area contributed by atoms with Crippen LogP contribution < -0.4 is 5.73 Å². The van der Waals surface area contributed by atoms with Crippen molar-refractivity contribution in [3.8, 4) is 0 Å². The highest BCUT2D eigenvalue weighted by Gasteiger charge is 2.37. The zero-order chi connectivity index (χ0) is 16.3. The molecular weight excluding hydrogens is 413 g/mol. The van der Waals surface area contributed by atoms with Crippen molar-refractivity contribution in [1.29, 1.82) is 0 Å². The summed E-state index contributed by atoms with van der Waals surface area (Å²) in [4.78, 5) is 17.1. The summed E-state index contributed by atoms with van der Waals surface area (Å²) in [5, 5.41) is 0. The van der Waals surface area contributed by atoms with Crippen LogP contribution >= 0.6 is 40.7 Å². The van der Waals surface area contributed by atoms with Gasteiger partial charge in [0.2, 0.25) is 5.91 Å². The first-order valence-corrected chi connectivity index (χ1v) is 8.66. The molecule has 2 unspecified atom stereocenters. The van der Waals surface area contributed by atoms with Crippen molar-refractivity contribution in [3.05, 3.63) is 34.3 Å². The molecule has 0 aromatic heterocycles. The largest absolute Gasteiger partial charge is 0.340 e. The Morgan fingerprint density at radius 3 is 2.50 bits per heavy atom. The summed E-state index contributed by atoms with van der Waals surface area (Å²) in [7, 11) is 2.12. The van der Waals surface area contributed by atoms with E-state index in [1.165, 1.54) is 0 Å². The number of hydrogen-bond acceptors (Lipinski definition) is 3. The molecule has 2 N–H and O–H groups in total. The molecule has 1 amide bonds. The first-order chi connectivity index (χ1) is 10.3. The molecule has 1 aliphatic heterocycles. The molecule has 1 aromatic carbocycles. The predicted octanol–water partition coefficient (Wildman–Crippen LogP) is 3.27. The summed E-state index contributed by atoms with van der Waals surface area (Å²) in [5.41, 5.74) is 6.26. The maximum Gasteiger partial charge on any atom is 0.246 e. The molecule has 2 atom stereocenters. The summed E-state index contributed by atoms with van der Waals surface area (Å²) in [6.45, 7) is 7.67. The second-order valence-corrected chi connectivity index (χ2v) is 7.39. The summed E-state index contributed by atoms with van der Waals surface area (Å²) >= 11 is 3.41. The lowest BCUT2D eigenvalue weighted by Crippen LogP contribution is -2.50. The van der Waals surface area contributed by atoms with Crippen molar-refractivity contribution in [2.45, 2.75) is 25.8 Å². The van der Waals surface area contributed by atoms with Crippen LogP contribution in [0.1, 0.15) is 25.8 Å². The number of amides is 1. The van der Waals surface area contributed by atoms with Crippen molar-refractivity contribution in [3.63, 3.8) is 0 Å². The standard InChI is InChI=1S/C17H26BrN3O.2ClH/c1-4-20(3)11-13-9-10-21(12-13)16(22)17(2,19)14-5-7-15(18)8-6-14;;/h5-8,13H,4,9-12,19H2,1-3H3;2*1H. The van der Waals surface area contributed by atoms with Crippen molar-refractivity contribution < 1.29 is 4.79 Å². The maximum atomic E-state index is 12.8. The van der Waals surface area contributed by atoms with Crippen molar-refractivity contribution >= 4 is 46.7 Å². The van der Waals surface area contributed by atoms with E-state index in [9.17, 15) is 4.79 Å². The molecule has 0 spiro atoms. The highest BCUT2D eigenvalue weighted by molar-refractivity contribution is 9.10. The van der Waals surface area contributed by atoms with E-state index in [-0.39, 0.29) is 30.7 Å². The molecule has 24 heavy (non-hydrogen) atoms. The van der Waals surface area contributed by atoms with Crippen LogP contribution in [0.5, 0.6) is 0 Å². The molecule has 0 radical (unpaired) electrons. The smallest absolute Gasteiger partial charge is 0.246 e. The summed E-state index contributed by atoms with van der Waals surface area (Å²) in [6.07, 6.45) is 1.06. The van der Waals surface area contributed by atoms with Crippen LogP contribution in [0, 0.1) is 5.92 Å². The molecule has 4 nitrogen and oxygen atoms in total. The van der Waals surface area contributed by atoms with Crippen molar-refractivity contribution in [2.75, 3.05) is 33.2 Å². The van der Waals surface area contributed by atoms with Crippen molar-refractivity contribution in [2.24, 2.45) is 11.7 Å². The Hall–Kier alpha value is -0.330. The van der Waals surface area contributed by atoms with Gasteiger partial charge in [-0.15, -0.1) is 24.8 Å². The Labute approximate surface area is 166 Å². The van der Waals surface area contributed by atoms with Crippen molar-refractivity contribution in [1.82, 2.24) is 9.80 Å². The monoisotopic (exact) mass is 439 g/mol. The fourth-order valence-electron chi connectivity index (χ4n) is 2.98. The lowest BCUT2D eigenvalue weighted by molar-refractivity contribution is -0.135. The number of carbonyl (C=O) groups excluding carboxylic acids is 1. The minimum Gasteiger partial charge on any atom is -0.340 e. The maximum absolute atomic E-state index is 12.8. The van der Waals surface area contributed by atoms with E-state index in [4.69, 9.17) is 5.73 Å². The third-order valence-electron chi connectivity index (χ3n) is 4.57. The highest BCUT2D eigenvalue weighted by atomic mass is 79.9. The number of benzene rings is 1. The first kappa shape index (κ1) is 23.7. The quantitative estimate of drug-likeness (QED) is 0.764. The molecule has 1 saturated heterocycles. The van der Waals surface area contributed by atoms with Gasteiger partial charge in [-0.1, -0.05) is 35.0 Å². The SMILES string of the molecule is CCN(C)CC1CCN(C(=O)C(C)(N)c2ccc(Br)cc2)C1.Cl.Cl. The number of nitrogens with two attached hydrogens (primary N) is 1. The van der Waals surface area contributed by atoms with Gasteiger partial charge in [0.05, 0.1) is 0 Å². The van der Waals surface area contributed by atoms with Crippen LogP contribution in [0.3, 0.4) is 0 Å². The van der Waals surface area contributed by atoms with E-state index in [1.54, 1.807) is 0 Å². The Balaban J connectivity index is 0.00000264. The fourth-order valence-corrected chi connectivity index (χ4v) is 3.25. The minimum atomic E-state index is -0.966. The van der Waals surface area contributed by atoms with Crippen LogP contribution in [-0.2, 0) is 10.3 Å². The lowest BCUT2D eigenvalue weighted by atomic mass is 9.92. The first-order valence-electron chi connectivity index (χ1n) is 7.87. The average Bonchev–Trinajstić information content (AvgIpc) is 2.95. The van der Waals surface area contributed by atoms with E-state index in [2.05, 4.69) is 34.8 Å². The van der Waals surface area contributed by atoms with Gasteiger partial charge in [0, 0.05) is 24.1 Å². The fraction of sp³-hybridized carbons (Fsp3) is 0.588. The zero-order valence-electron chi connectivity index (χ0n) is 14.5. The molecule has 0 saturated carbocycles. The van der Waals surface area contributed by atoms with Gasteiger partial charge in [0.25, 0.3) is 0 Å². The van der Waals surface area contributed by atoms with Gasteiger partial charge >= 0.3 is 0 Å². The Morgan fingerprint density at radius 1 is 1.38 bits per heavy atom. The predicted molar refractivity (Wildman–Crippen MR) is 108 cm³/mol. The second-order valence-electron chi connectivity index (χ2n) is 6.47. The number of hydrogen-bond donors (Lipinski definition) is 1. The molecule has 2 rings (SSSR count). The molecule has 1 heterocycles. The van der Waals surface area contributed by atoms with E-state index in [0.717, 1.165) is 42.6 Å². The van der Waals surface area contributed by atoms with Crippen LogP contribution in [0.4, 0.5) is 0 Å². The average molecular weight is 441 g/mol. The molecule has 0 aliphatic carbocycles.